The van der Waals surface area contributed by atoms with Crippen LogP contribution < -0.4 is 10.1 Å². The maximum absolute atomic E-state index is 12.9. The third kappa shape index (κ3) is 4.29. The average Bonchev–Trinajstić information content (AvgIpc) is 2.57. The summed E-state index contributed by atoms with van der Waals surface area (Å²) in [5, 5.41) is 31.0. The number of ether oxygens (including phenoxy) is 1. The van der Waals surface area contributed by atoms with Crippen LogP contribution in [0.3, 0.4) is 0 Å². The summed E-state index contributed by atoms with van der Waals surface area (Å²) in [4.78, 5) is 10.4. The van der Waals surface area contributed by atoms with E-state index in [4.69, 9.17) is 15.3 Å². The van der Waals surface area contributed by atoms with Crippen molar-refractivity contribution >= 4 is 11.4 Å². The molecule has 7 nitrogen and oxygen atoms in total. The number of nitriles is 2. The summed E-state index contributed by atoms with van der Waals surface area (Å²) >= 11 is 0. The fourth-order valence-electron chi connectivity index (χ4n) is 1.71. The summed E-state index contributed by atoms with van der Waals surface area (Å²) in [7, 11) is 0. The highest BCUT2D eigenvalue weighted by atomic mass is 19.1. The zero-order chi connectivity index (χ0) is 17.5. The van der Waals surface area contributed by atoms with E-state index in [0.717, 1.165) is 6.20 Å². The summed E-state index contributed by atoms with van der Waals surface area (Å²) < 4.78 is 18.4. The molecule has 24 heavy (non-hydrogen) atoms. The van der Waals surface area contributed by atoms with Crippen LogP contribution in [-0.2, 0) is 0 Å². The van der Waals surface area contributed by atoms with Gasteiger partial charge in [0.05, 0.1) is 11.0 Å². The predicted octanol–water partition coefficient (Wildman–Crippen LogP) is 3.87. The molecule has 0 radical (unpaired) electrons. The van der Waals surface area contributed by atoms with E-state index < -0.39 is 10.7 Å². The van der Waals surface area contributed by atoms with Crippen molar-refractivity contribution in [3.8, 4) is 23.6 Å². The number of benzene rings is 2. The molecule has 2 aromatic rings. The number of halogens is 1. The molecule has 2 aromatic carbocycles. The molecule has 2 rings (SSSR count). The van der Waals surface area contributed by atoms with Gasteiger partial charge in [0.25, 0.3) is 5.69 Å². The van der Waals surface area contributed by atoms with Crippen LogP contribution in [0.2, 0.25) is 0 Å². The normalized spacial score (nSPS) is 9.29. The Morgan fingerprint density at radius 3 is 2.42 bits per heavy atom. The first-order chi connectivity index (χ1) is 11.5. The summed E-state index contributed by atoms with van der Waals surface area (Å²) in [5.41, 5.74) is -0.187. The van der Waals surface area contributed by atoms with Gasteiger partial charge in [0.2, 0.25) is 0 Å². The first-order valence-corrected chi connectivity index (χ1v) is 6.51. The maximum Gasteiger partial charge on any atom is 0.275 e. The molecule has 0 heterocycles. The van der Waals surface area contributed by atoms with E-state index in [1.807, 2.05) is 0 Å². The number of rotatable bonds is 5. The van der Waals surface area contributed by atoms with E-state index in [0.29, 0.717) is 5.75 Å². The van der Waals surface area contributed by atoms with Gasteiger partial charge in [-0.1, -0.05) is 0 Å². The van der Waals surface area contributed by atoms with E-state index >= 15 is 0 Å². The Morgan fingerprint density at radius 2 is 1.83 bits per heavy atom. The smallest absolute Gasteiger partial charge is 0.275 e. The lowest BCUT2D eigenvalue weighted by Crippen LogP contribution is -1.95. The van der Waals surface area contributed by atoms with Gasteiger partial charge in [-0.2, -0.15) is 10.5 Å². The molecule has 0 bridgehead atoms. The Hall–Kier alpha value is -3.91. The number of nitro groups is 1. The second kappa shape index (κ2) is 7.38. The van der Waals surface area contributed by atoms with Gasteiger partial charge < -0.3 is 10.1 Å². The largest absolute Gasteiger partial charge is 0.457 e. The van der Waals surface area contributed by atoms with Crippen LogP contribution in [0.5, 0.6) is 11.5 Å². The summed E-state index contributed by atoms with van der Waals surface area (Å²) in [6.45, 7) is 0. The van der Waals surface area contributed by atoms with Crippen molar-refractivity contribution in [2.45, 2.75) is 0 Å². The Morgan fingerprint density at radius 1 is 1.17 bits per heavy atom. The number of nitrogens with zero attached hydrogens (tertiary/aromatic N) is 3. The minimum Gasteiger partial charge on any atom is -0.457 e. The zero-order valence-corrected chi connectivity index (χ0v) is 12.1. The summed E-state index contributed by atoms with van der Waals surface area (Å²) in [6, 6.07) is 12.3. The molecule has 8 heteroatoms. The number of hydrogen-bond donors (Lipinski definition) is 1. The number of nitro benzene ring substituents is 1. The van der Waals surface area contributed by atoms with Gasteiger partial charge in [0, 0.05) is 24.0 Å². The quantitative estimate of drug-likeness (QED) is 0.507. The minimum absolute atomic E-state index is 0.141. The number of allylic oxidation sites excluding steroid dienone is 1. The molecule has 0 unspecified atom stereocenters. The van der Waals surface area contributed by atoms with Crippen molar-refractivity contribution < 1.29 is 14.1 Å². The lowest BCUT2D eigenvalue weighted by atomic mass is 10.2. The van der Waals surface area contributed by atoms with Crippen molar-refractivity contribution in [1.29, 1.82) is 10.5 Å². The Balaban J connectivity index is 2.32. The molecular formula is C16H9FN4O3. The highest BCUT2D eigenvalue weighted by Crippen LogP contribution is 2.29. The molecule has 0 saturated carbocycles. The monoisotopic (exact) mass is 324 g/mol. The topological polar surface area (TPSA) is 112 Å². The summed E-state index contributed by atoms with van der Waals surface area (Å²) in [6.07, 6.45) is 1.13. The standard InChI is InChI=1S/C16H9FN4O3/c17-12-1-3-15(4-2-12)24-16-6-13(5-14(7-16)21(22)23)20-10-11(8-18)9-19/h1-7,10,20H. The molecule has 0 aliphatic rings. The lowest BCUT2D eigenvalue weighted by Gasteiger charge is -2.08. The first kappa shape index (κ1) is 16.5. The molecule has 0 amide bonds. The van der Waals surface area contributed by atoms with Crippen LogP contribution >= 0.6 is 0 Å². The second-order valence-electron chi connectivity index (χ2n) is 4.45. The molecule has 0 spiro atoms. The number of hydrogen-bond acceptors (Lipinski definition) is 6. The maximum atomic E-state index is 12.9. The zero-order valence-electron chi connectivity index (χ0n) is 12.1. The minimum atomic E-state index is -0.609. The van der Waals surface area contributed by atoms with Gasteiger partial charge >= 0.3 is 0 Å². The van der Waals surface area contributed by atoms with Crippen molar-refractivity contribution in [1.82, 2.24) is 0 Å². The van der Waals surface area contributed by atoms with Crippen LogP contribution in [0.1, 0.15) is 0 Å². The molecular weight excluding hydrogens is 315 g/mol. The van der Waals surface area contributed by atoms with Gasteiger partial charge in [-0.25, -0.2) is 4.39 Å². The molecule has 0 aromatic heterocycles. The molecule has 0 aliphatic heterocycles. The van der Waals surface area contributed by atoms with Crippen molar-refractivity contribution in [3.63, 3.8) is 0 Å². The van der Waals surface area contributed by atoms with Crippen molar-refractivity contribution in [2.24, 2.45) is 0 Å². The van der Waals surface area contributed by atoms with E-state index in [1.165, 1.54) is 42.5 Å². The predicted molar refractivity (Wildman–Crippen MR) is 82.5 cm³/mol. The van der Waals surface area contributed by atoms with E-state index in [9.17, 15) is 14.5 Å². The first-order valence-electron chi connectivity index (χ1n) is 6.51. The van der Waals surface area contributed by atoms with Gasteiger partial charge in [-0.05, 0) is 24.3 Å². The fourth-order valence-corrected chi connectivity index (χ4v) is 1.71. The van der Waals surface area contributed by atoms with E-state index in [1.54, 1.807) is 12.1 Å². The Bertz CT molecular complexity index is 864. The Kier molecular flexibility index (Phi) is 5.06. The van der Waals surface area contributed by atoms with Gasteiger partial charge in [0.1, 0.15) is 35.0 Å². The lowest BCUT2D eigenvalue weighted by molar-refractivity contribution is -0.384. The van der Waals surface area contributed by atoms with E-state index in [2.05, 4.69) is 5.32 Å². The Labute approximate surface area is 136 Å². The molecule has 0 atom stereocenters. The van der Waals surface area contributed by atoms with Crippen LogP contribution in [0.4, 0.5) is 15.8 Å². The molecule has 0 aliphatic carbocycles. The highest BCUT2D eigenvalue weighted by molar-refractivity contribution is 5.59. The van der Waals surface area contributed by atoms with Crippen LogP contribution in [0.15, 0.2) is 54.2 Å². The summed E-state index contributed by atoms with van der Waals surface area (Å²) in [5.74, 6) is 0.00437. The SMILES string of the molecule is N#CC(C#N)=CNc1cc(Oc2ccc(F)cc2)cc([N+](=O)[O-])c1. The average molecular weight is 324 g/mol. The second-order valence-corrected chi connectivity index (χ2v) is 4.45. The molecule has 0 fully saturated rings. The van der Waals surface area contributed by atoms with Crippen LogP contribution in [0.25, 0.3) is 0 Å². The number of nitrogens with one attached hydrogen (secondary N) is 1. The molecule has 118 valence electrons. The van der Waals surface area contributed by atoms with Crippen molar-refractivity contribution in [3.05, 3.63) is 70.2 Å². The van der Waals surface area contributed by atoms with Gasteiger partial charge in [0.15, 0.2) is 0 Å². The number of anilines is 1. The third-order valence-corrected chi connectivity index (χ3v) is 2.78. The van der Waals surface area contributed by atoms with Gasteiger partial charge in [-0.3, -0.25) is 10.1 Å². The molecule has 0 saturated heterocycles. The fraction of sp³-hybridized carbons (Fsp3) is 0. The number of non-ortho nitro benzene ring substituents is 1. The van der Waals surface area contributed by atoms with Gasteiger partial charge in [-0.15, -0.1) is 0 Å². The highest BCUT2D eigenvalue weighted by Gasteiger charge is 2.11. The van der Waals surface area contributed by atoms with Crippen LogP contribution in [0, 0.1) is 38.6 Å². The van der Waals surface area contributed by atoms with Crippen LogP contribution in [-0.4, -0.2) is 4.92 Å². The molecule has 1 N–H and O–H groups in total. The van der Waals surface area contributed by atoms with Crippen molar-refractivity contribution in [2.75, 3.05) is 5.32 Å². The third-order valence-electron chi connectivity index (χ3n) is 2.78. The van der Waals surface area contributed by atoms with E-state index in [-0.39, 0.29) is 22.7 Å².